The summed E-state index contributed by atoms with van der Waals surface area (Å²) < 4.78 is 2.49. The minimum atomic E-state index is -0.0130. The summed E-state index contributed by atoms with van der Waals surface area (Å²) >= 11 is 0. The number of anilines is 6. The second kappa shape index (κ2) is 14.8. The van der Waals surface area contributed by atoms with Gasteiger partial charge in [0, 0.05) is 50.6 Å². The lowest BCUT2D eigenvalue weighted by atomic mass is 9.33. The van der Waals surface area contributed by atoms with E-state index in [1.54, 1.807) is 0 Å². The Morgan fingerprint density at radius 3 is 1.44 bits per heavy atom. The Labute approximate surface area is 381 Å². The van der Waals surface area contributed by atoms with Crippen LogP contribution in [0.4, 0.5) is 34.1 Å². The van der Waals surface area contributed by atoms with E-state index in [0.717, 1.165) is 0 Å². The molecule has 1 aliphatic carbocycles. The van der Waals surface area contributed by atoms with Crippen molar-refractivity contribution >= 4 is 79.0 Å². The van der Waals surface area contributed by atoms with Crippen molar-refractivity contribution in [3.05, 3.63) is 168 Å². The standard InChI is InChI=1S/C60H62BN3/c1-58(2,3)41-23-28-44(29-24-41)62-53-34-27-43(60(7,8)9)37-50(53)61-49-33-32-46(64-51-21-15-13-19-47(51)48-20-14-16-22-52(48)64)38-54(49)63(45-30-25-42(26-31-45)59(4,5)6)56-36-40(35-55(62)57(56)61)39-17-11-10-12-18-39/h13-16,19-39H,10-12,17-18H2,1-9H3. The van der Waals surface area contributed by atoms with Crippen LogP contribution in [0.3, 0.4) is 0 Å². The third-order valence-electron chi connectivity index (χ3n) is 14.8. The number of nitrogens with zero attached hydrogens (tertiary/aromatic N) is 3. The number of benzene rings is 7. The fraction of sp³-hybridized carbons (Fsp3) is 0.300. The van der Waals surface area contributed by atoms with Crippen molar-refractivity contribution in [2.24, 2.45) is 0 Å². The Balaban J connectivity index is 1.23. The summed E-state index contributed by atoms with van der Waals surface area (Å²) in [6, 6.07) is 56.7. The normalized spacial score (nSPS) is 15.4. The van der Waals surface area contributed by atoms with Gasteiger partial charge in [-0.15, -0.1) is 0 Å². The molecule has 3 heterocycles. The zero-order valence-electron chi connectivity index (χ0n) is 39.4. The van der Waals surface area contributed by atoms with Gasteiger partial charge in [-0.2, -0.15) is 0 Å². The molecule has 4 heteroatoms. The van der Waals surface area contributed by atoms with E-state index >= 15 is 0 Å². The van der Waals surface area contributed by atoms with E-state index in [4.69, 9.17) is 0 Å². The second-order valence-corrected chi connectivity index (χ2v) is 22.1. The Hall–Kier alpha value is -6.00. The van der Waals surface area contributed by atoms with E-state index in [9.17, 15) is 0 Å². The molecule has 7 aromatic carbocycles. The van der Waals surface area contributed by atoms with Crippen LogP contribution in [0, 0.1) is 0 Å². The minimum absolute atomic E-state index is 0.0130. The van der Waals surface area contributed by atoms with E-state index in [2.05, 4.69) is 222 Å². The lowest BCUT2D eigenvalue weighted by molar-refractivity contribution is 0.444. The van der Waals surface area contributed by atoms with Crippen molar-refractivity contribution in [3.8, 4) is 5.69 Å². The Kier molecular flexibility index (Phi) is 9.41. The quantitative estimate of drug-likeness (QED) is 0.164. The van der Waals surface area contributed by atoms with E-state index in [1.165, 1.54) is 132 Å². The van der Waals surface area contributed by atoms with Crippen LogP contribution in [0.2, 0.25) is 0 Å². The van der Waals surface area contributed by atoms with Gasteiger partial charge in [-0.05, 0) is 140 Å². The summed E-state index contributed by atoms with van der Waals surface area (Å²) in [5, 5.41) is 2.56. The molecule has 1 aromatic heterocycles. The molecule has 64 heavy (non-hydrogen) atoms. The van der Waals surface area contributed by atoms with Crippen LogP contribution in [-0.4, -0.2) is 11.3 Å². The second-order valence-electron chi connectivity index (χ2n) is 22.1. The first-order valence-corrected chi connectivity index (χ1v) is 23.9. The summed E-state index contributed by atoms with van der Waals surface area (Å²) in [5.74, 6) is 0.527. The van der Waals surface area contributed by atoms with Crippen molar-refractivity contribution in [1.82, 2.24) is 4.57 Å². The number of hydrogen-bond acceptors (Lipinski definition) is 2. The molecule has 0 spiro atoms. The van der Waals surface area contributed by atoms with Gasteiger partial charge in [0.15, 0.2) is 0 Å². The van der Waals surface area contributed by atoms with Crippen molar-refractivity contribution in [2.45, 2.75) is 117 Å². The lowest BCUT2D eigenvalue weighted by Crippen LogP contribution is -2.61. The molecule has 0 atom stereocenters. The molecule has 0 radical (unpaired) electrons. The van der Waals surface area contributed by atoms with Crippen LogP contribution in [0.25, 0.3) is 27.5 Å². The van der Waals surface area contributed by atoms with Gasteiger partial charge in [-0.25, -0.2) is 0 Å². The summed E-state index contributed by atoms with van der Waals surface area (Å²) in [4.78, 5) is 5.26. The first-order valence-electron chi connectivity index (χ1n) is 23.9. The van der Waals surface area contributed by atoms with Gasteiger partial charge in [0.25, 0.3) is 6.71 Å². The van der Waals surface area contributed by atoms with Gasteiger partial charge >= 0.3 is 0 Å². The van der Waals surface area contributed by atoms with Crippen LogP contribution in [0.15, 0.2) is 146 Å². The zero-order valence-corrected chi connectivity index (χ0v) is 39.4. The average Bonchev–Trinajstić information content (AvgIpc) is 3.62. The third-order valence-corrected chi connectivity index (χ3v) is 14.8. The number of fused-ring (bicyclic) bond motifs is 7. The highest BCUT2D eigenvalue weighted by Gasteiger charge is 2.44. The van der Waals surface area contributed by atoms with Gasteiger partial charge in [-0.1, -0.05) is 160 Å². The van der Waals surface area contributed by atoms with Crippen molar-refractivity contribution in [2.75, 3.05) is 9.80 Å². The zero-order chi connectivity index (χ0) is 44.3. The molecule has 0 amide bonds. The molecule has 2 aliphatic heterocycles. The summed E-state index contributed by atoms with van der Waals surface area (Å²) in [6.45, 7) is 21.0. The largest absolute Gasteiger partial charge is 0.311 e. The third kappa shape index (κ3) is 6.62. The molecule has 320 valence electrons. The van der Waals surface area contributed by atoms with E-state index in [-0.39, 0.29) is 23.0 Å². The maximum absolute atomic E-state index is 2.64. The summed E-state index contributed by atoms with van der Waals surface area (Å²) in [5.41, 5.74) is 21.0. The topological polar surface area (TPSA) is 11.4 Å². The first-order chi connectivity index (χ1) is 30.6. The number of para-hydroxylation sites is 2. The van der Waals surface area contributed by atoms with Crippen molar-refractivity contribution < 1.29 is 0 Å². The molecule has 1 fully saturated rings. The molecular weight excluding hydrogens is 773 g/mol. The molecule has 1 saturated carbocycles. The molecule has 3 nitrogen and oxygen atoms in total. The predicted octanol–water partition coefficient (Wildman–Crippen LogP) is 14.8. The molecule has 11 rings (SSSR count). The van der Waals surface area contributed by atoms with Crippen LogP contribution in [0.5, 0.6) is 0 Å². The Bertz CT molecular complexity index is 3040. The number of aromatic nitrogens is 1. The minimum Gasteiger partial charge on any atom is -0.311 e. The first kappa shape index (κ1) is 40.8. The van der Waals surface area contributed by atoms with Gasteiger partial charge < -0.3 is 14.4 Å². The summed E-state index contributed by atoms with van der Waals surface area (Å²) in [7, 11) is 0. The maximum atomic E-state index is 2.64. The van der Waals surface area contributed by atoms with Crippen LogP contribution in [0.1, 0.15) is 123 Å². The van der Waals surface area contributed by atoms with Crippen molar-refractivity contribution in [3.63, 3.8) is 0 Å². The van der Waals surface area contributed by atoms with Gasteiger partial charge in [-0.3, -0.25) is 0 Å². The van der Waals surface area contributed by atoms with E-state index < -0.39 is 0 Å². The highest BCUT2D eigenvalue weighted by atomic mass is 15.2. The fourth-order valence-electron chi connectivity index (χ4n) is 11.3. The van der Waals surface area contributed by atoms with Crippen LogP contribution >= 0.6 is 0 Å². The Morgan fingerprint density at radius 2 is 0.906 bits per heavy atom. The van der Waals surface area contributed by atoms with E-state index in [1.807, 2.05) is 0 Å². The van der Waals surface area contributed by atoms with Gasteiger partial charge in [0.1, 0.15) is 0 Å². The van der Waals surface area contributed by atoms with Crippen molar-refractivity contribution in [1.29, 1.82) is 0 Å². The predicted molar refractivity (Wildman–Crippen MR) is 277 cm³/mol. The number of rotatable bonds is 4. The monoisotopic (exact) mass is 836 g/mol. The molecule has 0 N–H and O–H groups in total. The van der Waals surface area contributed by atoms with Crippen LogP contribution in [-0.2, 0) is 16.2 Å². The highest BCUT2D eigenvalue weighted by Crippen LogP contribution is 2.48. The molecule has 0 saturated heterocycles. The average molecular weight is 836 g/mol. The molecule has 8 aromatic rings. The number of hydrogen-bond donors (Lipinski definition) is 0. The highest BCUT2D eigenvalue weighted by molar-refractivity contribution is 7.00. The van der Waals surface area contributed by atoms with Gasteiger partial charge in [0.05, 0.1) is 11.0 Å². The smallest absolute Gasteiger partial charge is 0.252 e. The summed E-state index contributed by atoms with van der Waals surface area (Å²) in [6.07, 6.45) is 6.39. The van der Waals surface area contributed by atoms with E-state index in [0.29, 0.717) is 5.92 Å². The SMILES string of the molecule is CC(C)(C)c1ccc(N2c3ccc(C(C)(C)C)cc3B3c4ccc(-n5c6ccccc6c6ccccc65)cc4N(c4ccc(C(C)(C)C)cc4)c4cc(C5CCCCC5)cc2c43)cc1. The molecule has 0 bridgehead atoms. The van der Waals surface area contributed by atoms with Crippen LogP contribution < -0.4 is 26.2 Å². The lowest BCUT2D eigenvalue weighted by Gasteiger charge is -2.45. The molecular formula is C60H62BN3. The Morgan fingerprint density at radius 1 is 0.422 bits per heavy atom. The van der Waals surface area contributed by atoms with Gasteiger partial charge in [0.2, 0.25) is 0 Å². The molecule has 3 aliphatic rings. The molecule has 0 unspecified atom stereocenters. The maximum Gasteiger partial charge on any atom is 0.252 e. The fourth-order valence-corrected chi connectivity index (χ4v) is 11.3.